The molecule has 0 unspecified atom stereocenters. The third-order valence-corrected chi connectivity index (χ3v) is 3.43. The molecular weight excluding hydrogens is 298 g/mol. The molecule has 0 spiro atoms. The molecule has 22 heavy (non-hydrogen) atoms. The first-order valence-corrected chi connectivity index (χ1v) is 7.19. The Hall–Kier alpha value is -2.59. The third-order valence-electron chi connectivity index (χ3n) is 3.18. The number of phenolic OH excluding ortho intramolecular Hbond substituents is 1. The summed E-state index contributed by atoms with van der Waals surface area (Å²) < 4.78 is 0. The monoisotopic (exact) mass is 311 g/mol. The van der Waals surface area contributed by atoms with Gasteiger partial charge in [0, 0.05) is 23.3 Å². The standard InChI is InChI=1S/C17H14ClN3O/c18-14-5-3-13(4-6-14)16-9-10-19-17(21-16)20-11-12-1-7-15(22)8-2-12/h1-10,22H,11H2,(H,19,20,21). The van der Waals surface area contributed by atoms with E-state index in [4.69, 9.17) is 11.6 Å². The van der Waals surface area contributed by atoms with Gasteiger partial charge in [-0.3, -0.25) is 0 Å². The van der Waals surface area contributed by atoms with Crippen LogP contribution < -0.4 is 5.32 Å². The lowest BCUT2D eigenvalue weighted by Gasteiger charge is -2.07. The van der Waals surface area contributed by atoms with Gasteiger partial charge in [-0.1, -0.05) is 35.9 Å². The van der Waals surface area contributed by atoms with Crippen LogP contribution in [0, 0.1) is 0 Å². The van der Waals surface area contributed by atoms with Crippen LogP contribution in [-0.2, 0) is 6.54 Å². The summed E-state index contributed by atoms with van der Waals surface area (Å²) in [7, 11) is 0. The van der Waals surface area contributed by atoms with Gasteiger partial charge in [0.2, 0.25) is 5.95 Å². The number of anilines is 1. The van der Waals surface area contributed by atoms with Gasteiger partial charge >= 0.3 is 0 Å². The molecule has 110 valence electrons. The summed E-state index contributed by atoms with van der Waals surface area (Å²) in [5, 5.41) is 13.1. The second kappa shape index (κ2) is 6.45. The third kappa shape index (κ3) is 3.54. The van der Waals surface area contributed by atoms with Crippen LogP contribution in [0.15, 0.2) is 60.8 Å². The predicted molar refractivity (Wildman–Crippen MR) is 87.9 cm³/mol. The lowest BCUT2D eigenvalue weighted by molar-refractivity contribution is 0.475. The average Bonchev–Trinajstić information content (AvgIpc) is 2.55. The highest BCUT2D eigenvalue weighted by atomic mass is 35.5. The van der Waals surface area contributed by atoms with E-state index in [2.05, 4.69) is 15.3 Å². The van der Waals surface area contributed by atoms with Gasteiger partial charge in [0.25, 0.3) is 0 Å². The van der Waals surface area contributed by atoms with Crippen molar-refractivity contribution in [1.29, 1.82) is 0 Å². The summed E-state index contributed by atoms with van der Waals surface area (Å²) >= 11 is 5.90. The number of nitrogens with zero attached hydrogens (tertiary/aromatic N) is 2. The number of aromatic hydroxyl groups is 1. The molecule has 0 aliphatic carbocycles. The van der Waals surface area contributed by atoms with Crippen molar-refractivity contribution >= 4 is 17.5 Å². The number of rotatable bonds is 4. The molecule has 0 amide bonds. The number of hydrogen-bond acceptors (Lipinski definition) is 4. The van der Waals surface area contributed by atoms with Gasteiger partial charge in [-0.25, -0.2) is 9.97 Å². The molecule has 0 bridgehead atoms. The first-order chi connectivity index (χ1) is 10.7. The van der Waals surface area contributed by atoms with Crippen LogP contribution in [0.5, 0.6) is 5.75 Å². The predicted octanol–water partition coefficient (Wildman–Crippen LogP) is 4.11. The van der Waals surface area contributed by atoms with Crippen molar-refractivity contribution < 1.29 is 5.11 Å². The molecule has 3 rings (SSSR count). The fraction of sp³-hybridized carbons (Fsp3) is 0.0588. The lowest BCUT2D eigenvalue weighted by Crippen LogP contribution is -2.03. The summed E-state index contributed by atoms with van der Waals surface area (Å²) in [6.07, 6.45) is 1.72. The van der Waals surface area contributed by atoms with Crippen molar-refractivity contribution in [3.63, 3.8) is 0 Å². The first kappa shape index (κ1) is 14.4. The smallest absolute Gasteiger partial charge is 0.223 e. The minimum absolute atomic E-state index is 0.254. The number of phenols is 1. The van der Waals surface area contributed by atoms with E-state index in [1.165, 1.54) is 0 Å². The molecule has 1 aromatic heterocycles. The van der Waals surface area contributed by atoms with Gasteiger partial charge in [-0.15, -0.1) is 0 Å². The Balaban J connectivity index is 1.73. The largest absolute Gasteiger partial charge is 0.508 e. The zero-order valence-corrected chi connectivity index (χ0v) is 12.5. The van der Waals surface area contributed by atoms with E-state index < -0.39 is 0 Å². The summed E-state index contributed by atoms with van der Waals surface area (Å²) in [5.74, 6) is 0.810. The maximum Gasteiger partial charge on any atom is 0.223 e. The Labute approximate surface area is 133 Å². The first-order valence-electron chi connectivity index (χ1n) is 6.81. The van der Waals surface area contributed by atoms with E-state index in [1.807, 2.05) is 42.5 Å². The van der Waals surface area contributed by atoms with Gasteiger partial charge in [0.15, 0.2) is 0 Å². The Morgan fingerprint density at radius 2 is 1.68 bits per heavy atom. The van der Waals surface area contributed by atoms with Crippen LogP contribution in [0.1, 0.15) is 5.56 Å². The van der Waals surface area contributed by atoms with Crippen molar-refractivity contribution in [3.05, 3.63) is 71.4 Å². The van der Waals surface area contributed by atoms with Crippen LogP contribution in [0.25, 0.3) is 11.3 Å². The van der Waals surface area contributed by atoms with Gasteiger partial charge in [0.1, 0.15) is 5.75 Å². The highest BCUT2D eigenvalue weighted by Gasteiger charge is 2.02. The Kier molecular flexibility index (Phi) is 4.21. The zero-order valence-electron chi connectivity index (χ0n) is 11.7. The van der Waals surface area contributed by atoms with Gasteiger partial charge in [-0.2, -0.15) is 0 Å². The summed E-state index contributed by atoms with van der Waals surface area (Å²) in [6.45, 7) is 0.588. The molecule has 2 N–H and O–H groups in total. The van der Waals surface area contributed by atoms with Crippen molar-refractivity contribution in [1.82, 2.24) is 9.97 Å². The molecule has 0 aliphatic heterocycles. The Bertz CT molecular complexity index is 758. The van der Waals surface area contributed by atoms with Crippen LogP contribution >= 0.6 is 11.6 Å². The van der Waals surface area contributed by atoms with Crippen LogP contribution in [0.4, 0.5) is 5.95 Å². The molecule has 4 nitrogen and oxygen atoms in total. The maximum atomic E-state index is 9.27. The average molecular weight is 312 g/mol. The molecule has 0 aliphatic rings. The number of hydrogen-bond donors (Lipinski definition) is 2. The summed E-state index contributed by atoms with van der Waals surface area (Å²) in [6, 6.07) is 16.4. The van der Waals surface area contributed by atoms with Crippen molar-refractivity contribution in [2.75, 3.05) is 5.32 Å². The quantitative estimate of drug-likeness (QED) is 0.761. The Morgan fingerprint density at radius 1 is 0.955 bits per heavy atom. The van der Waals surface area contributed by atoms with Crippen LogP contribution in [-0.4, -0.2) is 15.1 Å². The van der Waals surface area contributed by atoms with Crippen molar-refractivity contribution in [3.8, 4) is 17.0 Å². The minimum atomic E-state index is 0.254. The molecule has 3 aromatic rings. The minimum Gasteiger partial charge on any atom is -0.508 e. The highest BCUT2D eigenvalue weighted by molar-refractivity contribution is 6.30. The molecule has 2 aromatic carbocycles. The van der Waals surface area contributed by atoms with Gasteiger partial charge < -0.3 is 10.4 Å². The summed E-state index contributed by atoms with van der Waals surface area (Å²) in [5.41, 5.74) is 2.86. The van der Waals surface area contributed by atoms with Crippen LogP contribution in [0.3, 0.4) is 0 Å². The van der Waals surface area contributed by atoms with E-state index in [9.17, 15) is 5.11 Å². The normalized spacial score (nSPS) is 10.4. The Morgan fingerprint density at radius 3 is 2.41 bits per heavy atom. The SMILES string of the molecule is Oc1ccc(CNc2nccc(-c3ccc(Cl)cc3)n2)cc1. The highest BCUT2D eigenvalue weighted by Crippen LogP contribution is 2.20. The van der Waals surface area contributed by atoms with E-state index in [-0.39, 0.29) is 5.75 Å². The fourth-order valence-corrected chi connectivity index (χ4v) is 2.15. The maximum absolute atomic E-state index is 9.27. The van der Waals surface area contributed by atoms with E-state index >= 15 is 0 Å². The van der Waals surface area contributed by atoms with Crippen LogP contribution in [0.2, 0.25) is 5.02 Å². The molecule has 1 heterocycles. The second-order valence-electron chi connectivity index (χ2n) is 4.79. The molecule has 0 radical (unpaired) electrons. The number of nitrogens with one attached hydrogen (secondary N) is 1. The number of halogens is 1. The topological polar surface area (TPSA) is 58.0 Å². The van der Waals surface area contributed by atoms with E-state index in [0.717, 1.165) is 16.8 Å². The molecular formula is C17H14ClN3O. The molecule has 0 fully saturated rings. The van der Waals surface area contributed by atoms with E-state index in [1.54, 1.807) is 18.3 Å². The van der Waals surface area contributed by atoms with Crippen molar-refractivity contribution in [2.24, 2.45) is 0 Å². The van der Waals surface area contributed by atoms with E-state index in [0.29, 0.717) is 17.5 Å². The number of benzene rings is 2. The van der Waals surface area contributed by atoms with Crippen molar-refractivity contribution in [2.45, 2.75) is 6.54 Å². The zero-order chi connectivity index (χ0) is 15.4. The number of aromatic nitrogens is 2. The molecule has 0 saturated carbocycles. The van der Waals surface area contributed by atoms with Gasteiger partial charge in [-0.05, 0) is 35.9 Å². The summed E-state index contributed by atoms with van der Waals surface area (Å²) in [4.78, 5) is 8.71. The lowest BCUT2D eigenvalue weighted by atomic mass is 10.1. The molecule has 5 heteroatoms. The van der Waals surface area contributed by atoms with Gasteiger partial charge in [0.05, 0.1) is 5.69 Å². The fourth-order valence-electron chi connectivity index (χ4n) is 2.02. The molecule has 0 atom stereocenters. The molecule has 0 saturated heterocycles. The second-order valence-corrected chi connectivity index (χ2v) is 5.23.